The Kier molecular flexibility index (Phi) is 8.28. The first kappa shape index (κ1) is 25.3. The number of carbonyl (C=O) groups is 2. The third-order valence-electron chi connectivity index (χ3n) is 6.33. The van der Waals surface area contributed by atoms with Gasteiger partial charge in [-0.1, -0.05) is 56.3 Å². The summed E-state index contributed by atoms with van der Waals surface area (Å²) >= 11 is 0. The van der Waals surface area contributed by atoms with E-state index < -0.39 is 6.04 Å². The van der Waals surface area contributed by atoms with E-state index in [9.17, 15) is 9.59 Å². The summed E-state index contributed by atoms with van der Waals surface area (Å²) in [7, 11) is 1.39. The highest BCUT2D eigenvalue weighted by Gasteiger charge is 2.25. The minimum Gasteiger partial charge on any atom is -0.467 e. The van der Waals surface area contributed by atoms with Gasteiger partial charge in [0.15, 0.2) is 0 Å². The van der Waals surface area contributed by atoms with Crippen LogP contribution >= 0.6 is 0 Å². The lowest BCUT2D eigenvalue weighted by Crippen LogP contribution is -2.48. The van der Waals surface area contributed by atoms with Crippen molar-refractivity contribution < 1.29 is 14.3 Å². The van der Waals surface area contributed by atoms with Crippen LogP contribution in [-0.2, 0) is 20.9 Å². The van der Waals surface area contributed by atoms with Crippen LogP contribution in [0.4, 0.5) is 5.82 Å². The van der Waals surface area contributed by atoms with Crippen LogP contribution in [0.2, 0.25) is 0 Å². The molecule has 1 atom stereocenters. The summed E-state index contributed by atoms with van der Waals surface area (Å²) in [4.78, 5) is 38.6. The number of ether oxygens (including phenoxy) is 1. The zero-order valence-corrected chi connectivity index (χ0v) is 21.1. The van der Waals surface area contributed by atoms with Gasteiger partial charge in [-0.3, -0.25) is 9.69 Å². The second-order valence-electron chi connectivity index (χ2n) is 9.24. The minimum atomic E-state index is -0.514. The quantitative estimate of drug-likeness (QED) is 0.384. The Morgan fingerprint density at radius 1 is 1.00 bits per heavy atom. The molecule has 0 saturated carbocycles. The number of esters is 1. The van der Waals surface area contributed by atoms with Crippen LogP contribution in [0, 0.1) is 5.92 Å². The van der Waals surface area contributed by atoms with Crippen LogP contribution in [0.3, 0.4) is 0 Å². The van der Waals surface area contributed by atoms with E-state index in [-0.39, 0.29) is 17.8 Å². The number of hydrogen-bond donors (Lipinski definition) is 1. The fraction of sp³-hybridized carbons (Fsp3) is 0.357. The smallest absolute Gasteiger partial charge is 0.328 e. The van der Waals surface area contributed by atoms with Gasteiger partial charge in [-0.15, -0.1) is 0 Å². The number of nitrogens with zero attached hydrogens (tertiary/aromatic N) is 4. The Bertz CT molecular complexity index is 1220. The van der Waals surface area contributed by atoms with Crippen molar-refractivity contribution in [2.24, 2.45) is 5.92 Å². The molecule has 1 aromatic heterocycles. The predicted molar refractivity (Wildman–Crippen MR) is 141 cm³/mol. The van der Waals surface area contributed by atoms with Crippen LogP contribution in [0.15, 0.2) is 60.7 Å². The molecule has 188 valence electrons. The molecule has 3 aromatic rings. The number of benzene rings is 2. The monoisotopic (exact) mass is 487 g/mol. The highest BCUT2D eigenvalue weighted by atomic mass is 16.5. The molecule has 1 amide bonds. The van der Waals surface area contributed by atoms with Crippen molar-refractivity contribution in [3.63, 3.8) is 0 Å². The maximum Gasteiger partial charge on any atom is 0.328 e. The molecule has 36 heavy (non-hydrogen) atoms. The van der Waals surface area contributed by atoms with Crippen LogP contribution in [0.5, 0.6) is 0 Å². The van der Waals surface area contributed by atoms with Gasteiger partial charge in [-0.05, 0) is 29.7 Å². The predicted octanol–water partition coefficient (Wildman–Crippen LogP) is 3.60. The van der Waals surface area contributed by atoms with E-state index in [1.807, 2.05) is 79.4 Å². The number of hydrogen-bond acceptors (Lipinski definition) is 7. The third-order valence-corrected chi connectivity index (χ3v) is 6.33. The summed E-state index contributed by atoms with van der Waals surface area (Å²) in [6, 6.07) is 17.1. The number of piperazine rings is 1. The molecule has 8 nitrogen and oxygen atoms in total. The topological polar surface area (TPSA) is 87.7 Å². The van der Waals surface area contributed by atoms with Crippen molar-refractivity contribution in [2.45, 2.75) is 26.4 Å². The van der Waals surface area contributed by atoms with E-state index in [4.69, 9.17) is 14.7 Å². The standard InChI is InChI=1S/C28H33N5O3/c1-20(2)26(28(35)36-3)31-27-22-11-7-8-12-23(22)29-24(30-27)19-32-15-17-33(18-16-32)25(34)14-13-21-9-5-4-6-10-21/h4-14,20,26H,15-19H2,1-3H3,(H,29,30,31)/b14-13+/t26-/m0/s1. The molecule has 1 N–H and O–H groups in total. The number of nitrogens with one attached hydrogen (secondary N) is 1. The number of rotatable bonds is 8. The van der Waals surface area contributed by atoms with Crippen LogP contribution < -0.4 is 5.32 Å². The van der Waals surface area contributed by atoms with E-state index >= 15 is 0 Å². The fourth-order valence-electron chi connectivity index (χ4n) is 4.24. The molecule has 1 aliphatic heterocycles. The zero-order chi connectivity index (χ0) is 25.5. The maximum absolute atomic E-state index is 12.6. The molecule has 1 saturated heterocycles. The lowest BCUT2D eigenvalue weighted by Gasteiger charge is -2.33. The summed E-state index contributed by atoms with van der Waals surface area (Å²) in [6.45, 7) is 7.26. The van der Waals surface area contributed by atoms with Crippen molar-refractivity contribution in [1.29, 1.82) is 0 Å². The van der Waals surface area contributed by atoms with Gasteiger partial charge in [0.25, 0.3) is 0 Å². The van der Waals surface area contributed by atoms with Gasteiger partial charge in [0.2, 0.25) is 5.91 Å². The molecule has 4 rings (SSSR count). The van der Waals surface area contributed by atoms with Crippen LogP contribution in [0.25, 0.3) is 17.0 Å². The summed E-state index contributed by atoms with van der Waals surface area (Å²) in [5.41, 5.74) is 1.83. The first-order chi connectivity index (χ1) is 17.4. The number of amides is 1. The lowest BCUT2D eigenvalue weighted by atomic mass is 10.0. The molecule has 8 heteroatoms. The van der Waals surface area contributed by atoms with E-state index in [1.54, 1.807) is 6.08 Å². The zero-order valence-electron chi connectivity index (χ0n) is 21.1. The molecular formula is C28H33N5O3. The number of carbonyl (C=O) groups excluding carboxylic acids is 2. The van der Waals surface area contributed by atoms with Gasteiger partial charge in [-0.2, -0.15) is 0 Å². The second kappa shape index (κ2) is 11.8. The van der Waals surface area contributed by atoms with Crippen molar-refractivity contribution in [2.75, 3.05) is 38.6 Å². The average molecular weight is 488 g/mol. The number of methoxy groups -OCH3 is 1. The SMILES string of the molecule is COC(=O)[C@@H](Nc1nc(CN2CCN(C(=O)/C=C/c3ccccc3)CC2)nc2ccccc12)C(C)C. The van der Waals surface area contributed by atoms with Crippen molar-refractivity contribution in [3.8, 4) is 0 Å². The molecule has 0 unspecified atom stereocenters. The van der Waals surface area contributed by atoms with E-state index in [0.717, 1.165) is 29.6 Å². The van der Waals surface area contributed by atoms with E-state index in [0.29, 0.717) is 31.3 Å². The number of aromatic nitrogens is 2. The van der Waals surface area contributed by atoms with Gasteiger partial charge in [0.1, 0.15) is 17.7 Å². The summed E-state index contributed by atoms with van der Waals surface area (Å²) in [5, 5.41) is 4.15. The minimum absolute atomic E-state index is 0.0227. The molecule has 2 heterocycles. The second-order valence-corrected chi connectivity index (χ2v) is 9.24. The molecule has 0 bridgehead atoms. The Hall–Kier alpha value is -3.78. The summed E-state index contributed by atoms with van der Waals surface area (Å²) in [6.07, 6.45) is 3.49. The van der Waals surface area contributed by atoms with E-state index in [2.05, 4.69) is 10.2 Å². The third kappa shape index (κ3) is 6.26. The molecule has 0 radical (unpaired) electrons. The summed E-state index contributed by atoms with van der Waals surface area (Å²) < 4.78 is 4.99. The van der Waals surface area contributed by atoms with Crippen molar-refractivity contribution in [1.82, 2.24) is 19.8 Å². The normalized spacial score (nSPS) is 15.4. The largest absolute Gasteiger partial charge is 0.467 e. The average Bonchev–Trinajstić information content (AvgIpc) is 2.90. The van der Waals surface area contributed by atoms with Crippen LogP contribution in [0.1, 0.15) is 25.2 Å². The fourth-order valence-corrected chi connectivity index (χ4v) is 4.24. The Labute approximate surface area is 212 Å². The molecular weight excluding hydrogens is 454 g/mol. The molecule has 0 spiro atoms. The van der Waals surface area contributed by atoms with Gasteiger partial charge >= 0.3 is 5.97 Å². The maximum atomic E-state index is 12.6. The molecule has 0 aliphatic carbocycles. The highest BCUT2D eigenvalue weighted by Crippen LogP contribution is 2.23. The van der Waals surface area contributed by atoms with Gasteiger partial charge in [0, 0.05) is 37.6 Å². The van der Waals surface area contributed by atoms with Crippen molar-refractivity contribution >= 4 is 34.7 Å². The highest BCUT2D eigenvalue weighted by molar-refractivity contribution is 5.92. The Morgan fingerprint density at radius 2 is 1.69 bits per heavy atom. The number of anilines is 1. The molecule has 2 aromatic carbocycles. The van der Waals surface area contributed by atoms with Gasteiger partial charge in [-0.25, -0.2) is 14.8 Å². The Balaban J connectivity index is 1.43. The summed E-state index contributed by atoms with van der Waals surface area (Å²) in [5.74, 6) is 1.02. The van der Waals surface area contributed by atoms with E-state index in [1.165, 1.54) is 7.11 Å². The number of para-hydroxylation sites is 1. The lowest BCUT2D eigenvalue weighted by molar-refractivity contribution is -0.142. The van der Waals surface area contributed by atoms with Gasteiger partial charge in [0.05, 0.1) is 19.2 Å². The van der Waals surface area contributed by atoms with Gasteiger partial charge < -0.3 is 15.0 Å². The first-order valence-corrected chi connectivity index (χ1v) is 12.3. The van der Waals surface area contributed by atoms with Crippen molar-refractivity contribution in [3.05, 3.63) is 72.1 Å². The number of fused-ring (bicyclic) bond motifs is 1. The van der Waals surface area contributed by atoms with Crippen LogP contribution in [-0.4, -0.2) is 71.0 Å². The molecule has 1 fully saturated rings. The first-order valence-electron chi connectivity index (χ1n) is 12.3. The molecule has 1 aliphatic rings. The Morgan fingerprint density at radius 3 is 2.39 bits per heavy atom.